The van der Waals surface area contributed by atoms with E-state index in [0.717, 1.165) is 29.3 Å². The predicted molar refractivity (Wildman–Crippen MR) is 96.4 cm³/mol. The van der Waals surface area contributed by atoms with Crippen LogP contribution in [-0.4, -0.2) is 5.91 Å². The van der Waals surface area contributed by atoms with Gasteiger partial charge in [-0.25, -0.2) is 0 Å². The molecule has 1 aromatic heterocycles. The summed E-state index contributed by atoms with van der Waals surface area (Å²) in [4.78, 5) is 13.3. The average molecular weight is 342 g/mol. The smallest absolute Gasteiger partial charge is 0.263 e. The Kier molecular flexibility index (Phi) is 3.83. The Bertz CT molecular complexity index is 886. The molecule has 1 heterocycles. The Labute approximate surface area is 144 Å². The summed E-state index contributed by atoms with van der Waals surface area (Å²) in [7, 11) is 0. The Hall–Kier alpha value is -1.84. The zero-order valence-corrected chi connectivity index (χ0v) is 14.1. The van der Waals surface area contributed by atoms with Crippen LogP contribution in [0.4, 0.5) is 0 Å². The van der Waals surface area contributed by atoms with Crippen molar-refractivity contribution in [2.75, 3.05) is 0 Å². The summed E-state index contributed by atoms with van der Waals surface area (Å²) in [6.07, 6.45) is 3.17. The molecule has 1 N–H and O–H groups in total. The minimum absolute atomic E-state index is 0.0714. The van der Waals surface area contributed by atoms with Crippen molar-refractivity contribution in [1.29, 1.82) is 0 Å². The summed E-state index contributed by atoms with van der Waals surface area (Å²) in [5.74, 6) is -0.0714. The van der Waals surface area contributed by atoms with Gasteiger partial charge in [0.05, 0.1) is 11.1 Å². The third-order valence-electron chi connectivity index (χ3n) is 4.42. The highest BCUT2D eigenvalue weighted by Crippen LogP contribution is 2.36. The lowest BCUT2D eigenvalue weighted by Crippen LogP contribution is -2.30. The second kappa shape index (κ2) is 5.99. The molecule has 23 heavy (non-hydrogen) atoms. The molecule has 1 amide bonds. The summed E-state index contributed by atoms with van der Waals surface area (Å²) in [5.41, 5.74) is 2.58. The number of aryl methyl sites for hydroxylation is 1. The van der Waals surface area contributed by atoms with Gasteiger partial charge in [0.1, 0.15) is 4.88 Å². The van der Waals surface area contributed by atoms with Crippen LogP contribution >= 0.6 is 22.9 Å². The van der Waals surface area contributed by atoms with E-state index in [0.29, 0.717) is 9.90 Å². The number of carbonyl (C=O) groups excluding carboxylic acids is 1. The van der Waals surface area contributed by atoms with Crippen molar-refractivity contribution in [2.24, 2.45) is 0 Å². The van der Waals surface area contributed by atoms with E-state index in [2.05, 4.69) is 23.5 Å². The summed E-state index contributed by atoms with van der Waals surface area (Å²) >= 11 is 7.88. The Morgan fingerprint density at radius 3 is 2.78 bits per heavy atom. The highest BCUT2D eigenvalue weighted by Gasteiger charge is 2.24. The second-order valence-corrected chi connectivity index (χ2v) is 7.29. The van der Waals surface area contributed by atoms with Crippen LogP contribution in [0.3, 0.4) is 0 Å². The molecule has 4 rings (SSSR count). The number of amides is 1. The topological polar surface area (TPSA) is 29.1 Å². The lowest BCUT2D eigenvalue weighted by molar-refractivity contribution is 0.0937. The lowest BCUT2D eigenvalue weighted by Gasteiger charge is -2.26. The van der Waals surface area contributed by atoms with Gasteiger partial charge in [0.2, 0.25) is 0 Å². The molecule has 0 radical (unpaired) electrons. The van der Waals surface area contributed by atoms with E-state index >= 15 is 0 Å². The Balaban J connectivity index is 1.64. The van der Waals surface area contributed by atoms with Gasteiger partial charge in [0, 0.05) is 10.1 Å². The Morgan fingerprint density at radius 2 is 1.91 bits per heavy atom. The van der Waals surface area contributed by atoms with Crippen LogP contribution in [0.2, 0.25) is 5.02 Å². The number of fused-ring (bicyclic) bond motifs is 2. The van der Waals surface area contributed by atoms with Crippen LogP contribution in [0.15, 0.2) is 48.5 Å². The molecule has 1 atom stereocenters. The number of rotatable bonds is 2. The number of hydrogen-bond acceptors (Lipinski definition) is 2. The molecule has 0 spiro atoms. The van der Waals surface area contributed by atoms with Crippen molar-refractivity contribution in [2.45, 2.75) is 25.3 Å². The van der Waals surface area contributed by atoms with E-state index < -0.39 is 0 Å². The fourth-order valence-corrected chi connectivity index (χ4v) is 4.71. The molecule has 0 fully saturated rings. The van der Waals surface area contributed by atoms with Gasteiger partial charge in [0.15, 0.2) is 0 Å². The number of hydrogen-bond donors (Lipinski definition) is 1. The summed E-state index contributed by atoms with van der Waals surface area (Å²) in [6, 6.07) is 16.3. The fraction of sp³-hybridized carbons (Fsp3) is 0.211. The van der Waals surface area contributed by atoms with Crippen molar-refractivity contribution in [3.8, 4) is 0 Å². The van der Waals surface area contributed by atoms with Gasteiger partial charge in [-0.1, -0.05) is 54.1 Å². The average Bonchev–Trinajstić information content (AvgIpc) is 2.93. The van der Waals surface area contributed by atoms with Crippen LogP contribution in [-0.2, 0) is 6.42 Å². The molecular weight excluding hydrogens is 326 g/mol. The van der Waals surface area contributed by atoms with E-state index in [9.17, 15) is 4.79 Å². The first-order chi connectivity index (χ1) is 11.2. The normalized spacial score (nSPS) is 17.0. The maximum atomic E-state index is 12.7. The van der Waals surface area contributed by atoms with Gasteiger partial charge >= 0.3 is 0 Å². The first-order valence-electron chi connectivity index (χ1n) is 7.80. The summed E-state index contributed by atoms with van der Waals surface area (Å²) in [5, 5.41) is 4.69. The van der Waals surface area contributed by atoms with Crippen molar-refractivity contribution < 1.29 is 4.79 Å². The minimum Gasteiger partial charge on any atom is -0.344 e. The first kappa shape index (κ1) is 14.7. The molecule has 1 aliphatic carbocycles. The third kappa shape index (κ3) is 2.64. The molecule has 0 bridgehead atoms. The SMILES string of the molecule is O=C(N[C@H]1CCCc2ccccc21)c1sc2ccccc2c1Cl. The molecule has 4 heteroatoms. The summed E-state index contributed by atoms with van der Waals surface area (Å²) in [6.45, 7) is 0. The largest absolute Gasteiger partial charge is 0.344 e. The predicted octanol–water partition coefficient (Wildman–Crippen LogP) is 5.36. The highest BCUT2D eigenvalue weighted by atomic mass is 35.5. The molecule has 3 aromatic rings. The number of carbonyl (C=O) groups is 1. The maximum absolute atomic E-state index is 12.7. The van der Waals surface area contributed by atoms with Crippen LogP contribution in [0.25, 0.3) is 10.1 Å². The van der Waals surface area contributed by atoms with Crippen LogP contribution in [0, 0.1) is 0 Å². The lowest BCUT2D eigenvalue weighted by atomic mass is 9.88. The fourth-order valence-electron chi connectivity index (χ4n) is 3.29. The van der Waals surface area contributed by atoms with Crippen molar-refractivity contribution >= 4 is 38.9 Å². The number of nitrogens with one attached hydrogen (secondary N) is 1. The quantitative estimate of drug-likeness (QED) is 0.667. The number of benzene rings is 2. The number of thiophene rings is 1. The van der Waals surface area contributed by atoms with Crippen molar-refractivity contribution in [3.05, 3.63) is 69.6 Å². The second-order valence-electron chi connectivity index (χ2n) is 5.86. The summed E-state index contributed by atoms with van der Waals surface area (Å²) < 4.78 is 1.05. The van der Waals surface area contributed by atoms with Gasteiger partial charge in [-0.3, -0.25) is 4.79 Å². The maximum Gasteiger partial charge on any atom is 0.263 e. The van der Waals surface area contributed by atoms with Gasteiger partial charge in [0.25, 0.3) is 5.91 Å². The van der Waals surface area contributed by atoms with E-state index in [1.807, 2.05) is 30.3 Å². The molecular formula is C19H16ClNOS. The molecule has 2 aromatic carbocycles. The standard InChI is InChI=1S/C19H16ClNOS/c20-17-14-9-3-4-11-16(14)23-18(17)19(22)21-15-10-5-7-12-6-1-2-8-13(12)15/h1-4,6,8-9,11,15H,5,7,10H2,(H,21,22)/t15-/m0/s1. The number of halogens is 1. The van der Waals surface area contributed by atoms with E-state index in [4.69, 9.17) is 11.6 Å². The third-order valence-corrected chi connectivity index (χ3v) is 6.09. The zero-order valence-electron chi connectivity index (χ0n) is 12.5. The molecule has 0 unspecified atom stereocenters. The van der Waals surface area contributed by atoms with E-state index in [-0.39, 0.29) is 11.9 Å². The van der Waals surface area contributed by atoms with Crippen LogP contribution in [0.5, 0.6) is 0 Å². The van der Waals surface area contributed by atoms with Gasteiger partial charge in [-0.15, -0.1) is 11.3 Å². The first-order valence-corrected chi connectivity index (χ1v) is 8.99. The van der Waals surface area contributed by atoms with Gasteiger partial charge in [-0.05, 0) is 36.5 Å². The van der Waals surface area contributed by atoms with Crippen LogP contribution < -0.4 is 5.32 Å². The molecule has 0 saturated heterocycles. The van der Waals surface area contributed by atoms with E-state index in [1.54, 1.807) is 0 Å². The molecule has 116 valence electrons. The molecule has 1 aliphatic rings. The van der Waals surface area contributed by atoms with Crippen molar-refractivity contribution in [3.63, 3.8) is 0 Å². The minimum atomic E-state index is -0.0714. The molecule has 0 aliphatic heterocycles. The van der Waals surface area contributed by atoms with Gasteiger partial charge < -0.3 is 5.32 Å². The van der Waals surface area contributed by atoms with Crippen molar-refractivity contribution in [1.82, 2.24) is 5.32 Å². The zero-order chi connectivity index (χ0) is 15.8. The molecule has 2 nitrogen and oxygen atoms in total. The molecule has 0 saturated carbocycles. The van der Waals surface area contributed by atoms with Crippen LogP contribution in [0.1, 0.15) is 39.7 Å². The monoisotopic (exact) mass is 341 g/mol. The van der Waals surface area contributed by atoms with Gasteiger partial charge in [-0.2, -0.15) is 0 Å². The Morgan fingerprint density at radius 1 is 1.13 bits per heavy atom. The van der Waals surface area contributed by atoms with E-state index in [1.165, 1.54) is 22.5 Å². The highest BCUT2D eigenvalue weighted by molar-refractivity contribution is 7.21.